The molecule has 1 heterocycles. The summed E-state index contributed by atoms with van der Waals surface area (Å²) >= 11 is 0. The minimum Gasteiger partial charge on any atom is -0.379 e. The summed E-state index contributed by atoms with van der Waals surface area (Å²) in [5, 5.41) is 3.15. The zero-order chi connectivity index (χ0) is 14.8. The van der Waals surface area contributed by atoms with Gasteiger partial charge in [0.25, 0.3) is 0 Å². The maximum Gasteiger partial charge on any atom is 0.224 e. The number of hydrogen-bond donors (Lipinski definition) is 2. The van der Waals surface area contributed by atoms with Crippen LogP contribution in [0.25, 0.3) is 0 Å². The molecule has 1 aliphatic heterocycles. The van der Waals surface area contributed by atoms with Crippen LogP contribution in [0.2, 0.25) is 0 Å². The van der Waals surface area contributed by atoms with Crippen molar-refractivity contribution in [3.05, 3.63) is 0 Å². The Hall–Kier alpha value is -0.0700. The molecule has 23 heavy (non-hydrogen) atoms. The highest BCUT2D eigenvalue weighted by atomic mass is 35.5. The summed E-state index contributed by atoms with van der Waals surface area (Å²) in [5.74, 6) is 1.88. The molecule has 1 amide bonds. The van der Waals surface area contributed by atoms with Crippen molar-refractivity contribution in [3.8, 4) is 0 Å². The SMILES string of the molecule is CC(CNC(=O)C1C2CCC(C2)C1N)CN1CCOCC1.Cl.Cl. The van der Waals surface area contributed by atoms with Gasteiger partial charge in [0.1, 0.15) is 0 Å². The van der Waals surface area contributed by atoms with Gasteiger partial charge in [-0.05, 0) is 37.0 Å². The summed E-state index contributed by atoms with van der Waals surface area (Å²) in [6.45, 7) is 7.68. The molecule has 3 aliphatic rings. The highest BCUT2D eigenvalue weighted by molar-refractivity contribution is 5.85. The number of nitrogens with one attached hydrogen (secondary N) is 1. The van der Waals surface area contributed by atoms with Crippen molar-refractivity contribution in [2.75, 3.05) is 39.4 Å². The number of fused-ring (bicyclic) bond motifs is 2. The number of hydrogen-bond acceptors (Lipinski definition) is 4. The van der Waals surface area contributed by atoms with Gasteiger partial charge in [-0.15, -0.1) is 24.8 Å². The largest absolute Gasteiger partial charge is 0.379 e. The Balaban J connectivity index is 0.00000132. The molecule has 0 spiro atoms. The van der Waals surface area contributed by atoms with Crippen LogP contribution >= 0.6 is 24.8 Å². The first-order chi connectivity index (χ1) is 10.1. The van der Waals surface area contributed by atoms with E-state index in [9.17, 15) is 4.79 Å². The van der Waals surface area contributed by atoms with E-state index in [2.05, 4.69) is 17.1 Å². The number of nitrogens with zero attached hydrogens (tertiary/aromatic N) is 1. The maximum absolute atomic E-state index is 12.4. The third-order valence-electron chi connectivity index (χ3n) is 5.58. The predicted octanol–water partition coefficient (Wildman–Crippen LogP) is 1.29. The molecule has 2 saturated carbocycles. The molecular formula is C16H31Cl2N3O2. The molecule has 0 aromatic heterocycles. The fourth-order valence-electron chi connectivity index (χ4n) is 4.41. The van der Waals surface area contributed by atoms with E-state index >= 15 is 0 Å². The van der Waals surface area contributed by atoms with Crippen molar-refractivity contribution < 1.29 is 9.53 Å². The van der Waals surface area contributed by atoms with E-state index in [1.165, 1.54) is 19.3 Å². The fraction of sp³-hybridized carbons (Fsp3) is 0.938. The van der Waals surface area contributed by atoms with Gasteiger partial charge < -0.3 is 15.8 Å². The van der Waals surface area contributed by atoms with Crippen molar-refractivity contribution in [1.82, 2.24) is 10.2 Å². The number of carbonyl (C=O) groups excluding carboxylic acids is 1. The lowest BCUT2D eigenvalue weighted by atomic mass is 9.84. The van der Waals surface area contributed by atoms with Crippen molar-refractivity contribution in [2.24, 2.45) is 29.4 Å². The van der Waals surface area contributed by atoms with E-state index in [1.807, 2.05) is 0 Å². The van der Waals surface area contributed by atoms with Gasteiger partial charge in [0, 0.05) is 32.2 Å². The van der Waals surface area contributed by atoms with Crippen LogP contribution in [-0.2, 0) is 9.53 Å². The van der Waals surface area contributed by atoms with Crippen LogP contribution in [0.15, 0.2) is 0 Å². The van der Waals surface area contributed by atoms with Crippen LogP contribution in [0.5, 0.6) is 0 Å². The number of rotatable bonds is 5. The molecule has 5 nitrogen and oxygen atoms in total. The fourth-order valence-corrected chi connectivity index (χ4v) is 4.41. The summed E-state index contributed by atoms with van der Waals surface area (Å²) in [5.41, 5.74) is 6.24. The Morgan fingerprint density at radius 3 is 2.52 bits per heavy atom. The second-order valence-electron chi connectivity index (χ2n) is 7.20. The van der Waals surface area contributed by atoms with E-state index in [1.54, 1.807) is 0 Å². The monoisotopic (exact) mass is 367 g/mol. The number of ether oxygens (including phenoxy) is 1. The average Bonchev–Trinajstić information content (AvgIpc) is 3.07. The van der Waals surface area contributed by atoms with E-state index in [-0.39, 0.29) is 42.7 Å². The minimum atomic E-state index is 0. The molecule has 0 aromatic rings. The molecule has 3 rings (SSSR count). The Morgan fingerprint density at radius 2 is 1.91 bits per heavy atom. The van der Waals surface area contributed by atoms with E-state index in [0.29, 0.717) is 17.8 Å². The number of morpholine rings is 1. The van der Waals surface area contributed by atoms with Crippen molar-refractivity contribution in [3.63, 3.8) is 0 Å². The molecule has 3 N–H and O–H groups in total. The normalized spacial score (nSPS) is 34.3. The van der Waals surface area contributed by atoms with Crippen LogP contribution in [0.3, 0.4) is 0 Å². The zero-order valence-corrected chi connectivity index (χ0v) is 15.5. The zero-order valence-electron chi connectivity index (χ0n) is 13.9. The first-order valence-corrected chi connectivity index (χ1v) is 8.48. The van der Waals surface area contributed by atoms with Crippen LogP contribution in [0.4, 0.5) is 0 Å². The molecule has 136 valence electrons. The number of carbonyl (C=O) groups is 1. The highest BCUT2D eigenvalue weighted by Gasteiger charge is 2.48. The van der Waals surface area contributed by atoms with Gasteiger partial charge >= 0.3 is 0 Å². The van der Waals surface area contributed by atoms with Crippen LogP contribution in [-0.4, -0.2) is 56.2 Å². The third kappa shape index (κ3) is 4.95. The molecule has 5 atom stereocenters. The van der Waals surface area contributed by atoms with Crippen LogP contribution in [0, 0.1) is 23.7 Å². The highest BCUT2D eigenvalue weighted by Crippen LogP contribution is 2.47. The van der Waals surface area contributed by atoms with E-state index < -0.39 is 0 Å². The summed E-state index contributed by atoms with van der Waals surface area (Å²) in [6.07, 6.45) is 3.59. The second-order valence-corrected chi connectivity index (χ2v) is 7.20. The van der Waals surface area contributed by atoms with Crippen LogP contribution in [0.1, 0.15) is 26.2 Å². The number of amides is 1. The molecule has 1 saturated heterocycles. The smallest absolute Gasteiger partial charge is 0.224 e. The molecule has 7 heteroatoms. The van der Waals surface area contributed by atoms with Gasteiger partial charge in [-0.3, -0.25) is 9.69 Å². The number of nitrogens with two attached hydrogens (primary N) is 1. The average molecular weight is 368 g/mol. The Bertz CT molecular complexity index is 378. The predicted molar refractivity (Wildman–Crippen MR) is 96.2 cm³/mol. The topological polar surface area (TPSA) is 67.6 Å². The summed E-state index contributed by atoms with van der Waals surface area (Å²) in [4.78, 5) is 14.8. The molecule has 2 bridgehead atoms. The van der Waals surface area contributed by atoms with Crippen molar-refractivity contribution in [2.45, 2.75) is 32.2 Å². The molecule has 0 radical (unpaired) electrons. The summed E-state index contributed by atoms with van der Waals surface area (Å²) in [7, 11) is 0. The first kappa shape index (κ1) is 21.0. The van der Waals surface area contributed by atoms with Gasteiger partial charge in [0.05, 0.1) is 19.1 Å². The molecule has 0 aromatic carbocycles. The van der Waals surface area contributed by atoms with Gasteiger partial charge in [0.15, 0.2) is 0 Å². The lowest BCUT2D eigenvalue weighted by molar-refractivity contribution is -0.127. The molecule has 3 fully saturated rings. The lowest BCUT2D eigenvalue weighted by Crippen LogP contribution is -2.47. The summed E-state index contributed by atoms with van der Waals surface area (Å²) < 4.78 is 5.36. The van der Waals surface area contributed by atoms with Gasteiger partial charge in [-0.25, -0.2) is 0 Å². The molecular weight excluding hydrogens is 337 g/mol. The van der Waals surface area contributed by atoms with Crippen LogP contribution < -0.4 is 11.1 Å². The Labute approximate surface area is 151 Å². The third-order valence-corrected chi connectivity index (χ3v) is 5.58. The van der Waals surface area contributed by atoms with E-state index in [0.717, 1.165) is 39.4 Å². The summed E-state index contributed by atoms with van der Waals surface area (Å²) in [6, 6.07) is 0.0956. The molecule has 5 unspecified atom stereocenters. The van der Waals surface area contributed by atoms with Crippen molar-refractivity contribution >= 4 is 30.7 Å². The lowest BCUT2D eigenvalue weighted by Gasteiger charge is -2.30. The van der Waals surface area contributed by atoms with Crippen molar-refractivity contribution in [1.29, 1.82) is 0 Å². The second kappa shape index (κ2) is 9.42. The van der Waals surface area contributed by atoms with Gasteiger partial charge in [0.2, 0.25) is 5.91 Å². The standard InChI is InChI=1S/C16H29N3O2.2ClH/c1-11(10-19-4-6-21-7-5-19)9-18-16(20)14-12-2-3-13(8-12)15(14)17;;/h11-15H,2-10,17H2,1H3,(H,18,20);2*1H. The van der Waals surface area contributed by atoms with E-state index in [4.69, 9.17) is 10.5 Å². The molecule has 2 aliphatic carbocycles. The first-order valence-electron chi connectivity index (χ1n) is 8.48. The maximum atomic E-state index is 12.4. The number of halogens is 2. The quantitative estimate of drug-likeness (QED) is 0.768. The Kier molecular flexibility index (Phi) is 8.59. The Morgan fingerprint density at radius 1 is 1.26 bits per heavy atom. The van der Waals surface area contributed by atoms with Gasteiger partial charge in [-0.1, -0.05) is 6.92 Å². The minimum absolute atomic E-state index is 0. The van der Waals surface area contributed by atoms with Gasteiger partial charge in [-0.2, -0.15) is 0 Å².